The molecule has 0 aliphatic heterocycles. The summed E-state index contributed by atoms with van der Waals surface area (Å²) in [5.74, 6) is -0.213. The molecule has 11 heavy (non-hydrogen) atoms. The quantitative estimate of drug-likeness (QED) is 0.450. The van der Waals surface area contributed by atoms with Crippen molar-refractivity contribution in [2.75, 3.05) is 13.7 Å². The van der Waals surface area contributed by atoms with Gasteiger partial charge in [-0.3, -0.25) is 4.79 Å². The molecule has 0 amide bonds. The molecule has 0 N–H and O–H groups in total. The van der Waals surface area contributed by atoms with Crippen molar-refractivity contribution in [2.45, 2.75) is 32.8 Å². The molecule has 0 aromatic carbocycles. The lowest BCUT2D eigenvalue weighted by Crippen LogP contribution is -2.12. The highest BCUT2D eigenvalue weighted by Crippen LogP contribution is 2.01. The van der Waals surface area contributed by atoms with E-state index in [1.165, 1.54) is 6.92 Å². The van der Waals surface area contributed by atoms with Crippen LogP contribution in [-0.2, 0) is 14.3 Å². The molecule has 0 rings (SSSR count). The number of carbonyl (C=O) groups excluding carboxylic acids is 1. The number of rotatable bonds is 5. The first-order valence-electron chi connectivity index (χ1n) is 3.83. The largest absolute Gasteiger partial charge is 0.463 e. The zero-order valence-electron chi connectivity index (χ0n) is 7.42. The van der Waals surface area contributed by atoms with Crippen LogP contribution in [-0.4, -0.2) is 25.8 Å². The Morgan fingerprint density at radius 3 is 2.64 bits per heavy atom. The Kier molecular flexibility index (Phi) is 5.84. The van der Waals surface area contributed by atoms with Crippen LogP contribution in [0.2, 0.25) is 0 Å². The number of hydrogen-bond acceptors (Lipinski definition) is 3. The van der Waals surface area contributed by atoms with Gasteiger partial charge in [0.1, 0.15) is 0 Å². The van der Waals surface area contributed by atoms with Gasteiger partial charge in [-0.2, -0.15) is 0 Å². The topological polar surface area (TPSA) is 35.5 Å². The van der Waals surface area contributed by atoms with E-state index in [0.717, 1.165) is 19.4 Å². The third-order valence-corrected chi connectivity index (χ3v) is 1.33. The molecule has 0 saturated heterocycles. The molecule has 66 valence electrons. The second-order valence-corrected chi connectivity index (χ2v) is 2.56. The molecule has 0 spiro atoms. The normalized spacial score (nSPS) is 12.6. The smallest absolute Gasteiger partial charge is 0.302 e. The predicted octanol–water partition coefficient (Wildman–Crippen LogP) is 1.36. The molecule has 0 saturated carbocycles. The van der Waals surface area contributed by atoms with Crippen LogP contribution < -0.4 is 0 Å². The Morgan fingerprint density at radius 1 is 1.55 bits per heavy atom. The van der Waals surface area contributed by atoms with Crippen molar-refractivity contribution in [3.05, 3.63) is 0 Å². The summed E-state index contributed by atoms with van der Waals surface area (Å²) in [6.07, 6.45) is 1.82. The maximum Gasteiger partial charge on any atom is 0.302 e. The lowest BCUT2D eigenvalue weighted by Gasteiger charge is -2.10. The first kappa shape index (κ1) is 10.4. The molecule has 0 bridgehead atoms. The van der Waals surface area contributed by atoms with Gasteiger partial charge in [0.2, 0.25) is 0 Å². The highest BCUT2D eigenvalue weighted by Gasteiger charge is 2.03. The minimum atomic E-state index is -0.213. The zero-order valence-corrected chi connectivity index (χ0v) is 7.42. The van der Waals surface area contributed by atoms with Crippen LogP contribution in [0.15, 0.2) is 0 Å². The summed E-state index contributed by atoms with van der Waals surface area (Å²) in [7, 11) is 1.66. The fraction of sp³-hybridized carbons (Fsp3) is 0.875. The molecule has 0 radical (unpaired) electrons. The number of carbonyl (C=O) groups is 1. The van der Waals surface area contributed by atoms with E-state index in [1.807, 2.05) is 6.92 Å². The summed E-state index contributed by atoms with van der Waals surface area (Å²) in [5.41, 5.74) is 0. The van der Waals surface area contributed by atoms with Gasteiger partial charge in [0, 0.05) is 20.6 Å². The summed E-state index contributed by atoms with van der Waals surface area (Å²) in [4.78, 5) is 10.4. The highest BCUT2D eigenvalue weighted by molar-refractivity contribution is 5.66. The molecule has 3 nitrogen and oxygen atoms in total. The molecular weight excluding hydrogens is 144 g/mol. The lowest BCUT2D eigenvalue weighted by molar-refractivity contribution is -0.145. The van der Waals surface area contributed by atoms with Crippen molar-refractivity contribution in [1.29, 1.82) is 0 Å². The van der Waals surface area contributed by atoms with Gasteiger partial charge in [-0.1, -0.05) is 0 Å². The molecule has 1 unspecified atom stereocenters. The Hall–Kier alpha value is -0.570. The van der Waals surface area contributed by atoms with Gasteiger partial charge in [-0.15, -0.1) is 0 Å². The van der Waals surface area contributed by atoms with Gasteiger partial charge in [-0.25, -0.2) is 0 Å². The van der Waals surface area contributed by atoms with E-state index in [0.29, 0.717) is 0 Å². The maximum absolute atomic E-state index is 10.4. The van der Waals surface area contributed by atoms with Gasteiger partial charge in [0.25, 0.3) is 0 Å². The van der Waals surface area contributed by atoms with Gasteiger partial charge in [-0.05, 0) is 19.8 Å². The van der Waals surface area contributed by atoms with Crippen molar-refractivity contribution < 1.29 is 14.3 Å². The first-order chi connectivity index (χ1) is 5.16. The van der Waals surface area contributed by atoms with Gasteiger partial charge in [0.05, 0.1) is 6.10 Å². The SMILES string of the molecule is COCCCC(C)OC(C)=O. The molecule has 0 aromatic rings. The standard InChI is InChI=1S/C8H16O3/c1-7(11-8(2)9)5-4-6-10-3/h7H,4-6H2,1-3H3. The first-order valence-corrected chi connectivity index (χ1v) is 3.83. The van der Waals surface area contributed by atoms with Crippen LogP contribution in [0.4, 0.5) is 0 Å². The van der Waals surface area contributed by atoms with E-state index in [4.69, 9.17) is 9.47 Å². The van der Waals surface area contributed by atoms with Crippen LogP contribution >= 0.6 is 0 Å². The molecule has 0 aromatic heterocycles. The van der Waals surface area contributed by atoms with Gasteiger partial charge >= 0.3 is 5.97 Å². The maximum atomic E-state index is 10.4. The highest BCUT2D eigenvalue weighted by atomic mass is 16.5. The van der Waals surface area contributed by atoms with Crippen LogP contribution in [0.5, 0.6) is 0 Å². The average molecular weight is 160 g/mol. The average Bonchev–Trinajstić information content (AvgIpc) is 1.86. The summed E-state index contributed by atoms with van der Waals surface area (Å²) >= 11 is 0. The number of hydrogen-bond donors (Lipinski definition) is 0. The van der Waals surface area contributed by atoms with E-state index in [2.05, 4.69) is 0 Å². The van der Waals surface area contributed by atoms with Gasteiger partial charge in [0.15, 0.2) is 0 Å². The number of ether oxygens (including phenoxy) is 2. The van der Waals surface area contributed by atoms with Crippen molar-refractivity contribution in [3.63, 3.8) is 0 Å². The second kappa shape index (κ2) is 6.16. The molecule has 3 heteroatoms. The molecule has 0 aliphatic carbocycles. The molecule has 0 heterocycles. The van der Waals surface area contributed by atoms with E-state index in [-0.39, 0.29) is 12.1 Å². The van der Waals surface area contributed by atoms with Crippen molar-refractivity contribution in [1.82, 2.24) is 0 Å². The fourth-order valence-corrected chi connectivity index (χ4v) is 0.857. The van der Waals surface area contributed by atoms with E-state index in [1.54, 1.807) is 7.11 Å². The van der Waals surface area contributed by atoms with Crippen molar-refractivity contribution >= 4 is 5.97 Å². The van der Waals surface area contributed by atoms with Crippen molar-refractivity contribution in [2.24, 2.45) is 0 Å². The number of methoxy groups -OCH3 is 1. The minimum Gasteiger partial charge on any atom is -0.463 e. The van der Waals surface area contributed by atoms with E-state index in [9.17, 15) is 4.79 Å². The lowest BCUT2D eigenvalue weighted by atomic mass is 10.2. The Bertz CT molecular complexity index is 112. The second-order valence-electron chi connectivity index (χ2n) is 2.56. The molecule has 0 fully saturated rings. The van der Waals surface area contributed by atoms with Crippen LogP contribution in [0, 0.1) is 0 Å². The Morgan fingerprint density at radius 2 is 2.18 bits per heavy atom. The van der Waals surface area contributed by atoms with E-state index >= 15 is 0 Å². The fourth-order valence-electron chi connectivity index (χ4n) is 0.857. The summed E-state index contributed by atoms with van der Waals surface area (Å²) < 4.78 is 9.76. The van der Waals surface area contributed by atoms with E-state index < -0.39 is 0 Å². The van der Waals surface area contributed by atoms with Gasteiger partial charge < -0.3 is 9.47 Å². The number of esters is 1. The van der Waals surface area contributed by atoms with Crippen LogP contribution in [0.3, 0.4) is 0 Å². The molecule has 0 aliphatic rings. The Labute approximate surface area is 67.7 Å². The summed E-state index contributed by atoms with van der Waals surface area (Å²) in [5, 5.41) is 0. The van der Waals surface area contributed by atoms with Crippen molar-refractivity contribution in [3.8, 4) is 0 Å². The zero-order chi connectivity index (χ0) is 8.69. The summed E-state index contributed by atoms with van der Waals surface area (Å²) in [6.45, 7) is 4.04. The minimum absolute atomic E-state index is 0.0163. The third kappa shape index (κ3) is 7.33. The summed E-state index contributed by atoms with van der Waals surface area (Å²) in [6, 6.07) is 0. The monoisotopic (exact) mass is 160 g/mol. The van der Waals surface area contributed by atoms with Crippen LogP contribution in [0.1, 0.15) is 26.7 Å². The van der Waals surface area contributed by atoms with Crippen LogP contribution in [0.25, 0.3) is 0 Å². The third-order valence-electron chi connectivity index (χ3n) is 1.33. The molecular formula is C8H16O3. The Balaban J connectivity index is 3.22. The predicted molar refractivity (Wildman–Crippen MR) is 42.3 cm³/mol. The molecule has 1 atom stereocenters.